The van der Waals surface area contributed by atoms with Crippen LogP contribution >= 0.6 is 0 Å². The number of amides is 3. The first kappa shape index (κ1) is 14.2. The molecule has 5 N–H and O–H groups in total. The van der Waals surface area contributed by atoms with Crippen LogP contribution in [0.5, 0.6) is 0 Å². The van der Waals surface area contributed by atoms with Crippen molar-refractivity contribution in [3.8, 4) is 0 Å². The second-order valence-corrected chi connectivity index (χ2v) is 4.41. The van der Waals surface area contributed by atoms with Gasteiger partial charge in [-0.1, -0.05) is 0 Å². The Labute approximate surface area is 93.4 Å². The average Bonchev–Trinajstić information content (AvgIpc) is 1.97. The van der Waals surface area contributed by atoms with E-state index in [1.165, 1.54) is 0 Å². The Morgan fingerprint density at radius 3 is 2.12 bits per heavy atom. The average molecular weight is 231 g/mol. The summed E-state index contributed by atoms with van der Waals surface area (Å²) in [5.41, 5.74) is 4.37. The minimum Gasteiger partial charge on any atom is -0.480 e. The highest BCUT2D eigenvalue weighted by atomic mass is 16.4. The number of carboxylic acids is 1. The SMILES string of the molecule is CC(C)(C)NC(=O)N[C@@H](CC(N)=O)C(=O)O. The molecule has 0 heterocycles. The molecule has 0 aliphatic carbocycles. The molecule has 0 fully saturated rings. The van der Waals surface area contributed by atoms with E-state index in [0.29, 0.717) is 0 Å². The molecule has 92 valence electrons. The fraction of sp³-hybridized carbons (Fsp3) is 0.667. The maximum absolute atomic E-state index is 11.3. The van der Waals surface area contributed by atoms with Gasteiger partial charge in [0.15, 0.2) is 0 Å². The van der Waals surface area contributed by atoms with Gasteiger partial charge in [0.25, 0.3) is 0 Å². The fourth-order valence-electron chi connectivity index (χ4n) is 0.936. The number of nitrogens with two attached hydrogens (primary N) is 1. The molecule has 0 aromatic carbocycles. The van der Waals surface area contributed by atoms with Crippen molar-refractivity contribution in [2.24, 2.45) is 5.73 Å². The number of hydrogen-bond donors (Lipinski definition) is 4. The first-order chi connectivity index (χ1) is 7.11. The first-order valence-electron chi connectivity index (χ1n) is 4.71. The second kappa shape index (κ2) is 5.34. The molecule has 0 unspecified atom stereocenters. The van der Waals surface area contributed by atoms with E-state index in [0.717, 1.165) is 0 Å². The van der Waals surface area contributed by atoms with Gasteiger partial charge in [-0.05, 0) is 20.8 Å². The Morgan fingerprint density at radius 1 is 1.31 bits per heavy atom. The van der Waals surface area contributed by atoms with Gasteiger partial charge < -0.3 is 21.5 Å². The molecule has 0 saturated carbocycles. The van der Waals surface area contributed by atoms with Crippen molar-refractivity contribution in [1.82, 2.24) is 10.6 Å². The van der Waals surface area contributed by atoms with E-state index in [9.17, 15) is 14.4 Å². The quantitative estimate of drug-likeness (QED) is 0.516. The van der Waals surface area contributed by atoms with Crippen molar-refractivity contribution in [2.75, 3.05) is 0 Å². The fourth-order valence-corrected chi connectivity index (χ4v) is 0.936. The minimum absolute atomic E-state index is 0.438. The molecule has 7 heteroatoms. The Morgan fingerprint density at radius 2 is 1.81 bits per heavy atom. The van der Waals surface area contributed by atoms with Gasteiger partial charge in [-0.2, -0.15) is 0 Å². The third-order valence-corrected chi connectivity index (χ3v) is 1.50. The summed E-state index contributed by atoms with van der Waals surface area (Å²) in [5, 5.41) is 13.4. The number of hydrogen-bond acceptors (Lipinski definition) is 3. The molecule has 3 amide bonds. The van der Waals surface area contributed by atoms with Crippen LogP contribution in [0.3, 0.4) is 0 Å². The molecule has 1 atom stereocenters. The summed E-state index contributed by atoms with van der Waals surface area (Å²) < 4.78 is 0. The van der Waals surface area contributed by atoms with Crippen molar-refractivity contribution in [3.05, 3.63) is 0 Å². The second-order valence-electron chi connectivity index (χ2n) is 4.41. The van der Waals surface area contributed by atoms with Crippen LogP contribution in [0.15, 0.2) is 0 Å². The van der Waals surface area contributed by atoms with Crippen LogP contribution in [0.25, 0.3) is 0 Å². The van der Waals surface area contributed by atoms with Gasteiger partial charge in [-0.15, -0.1) is 0 Å². The van der Waals surface area contributed by atoms with Crippen LogP contribution < -0.4 is 16.4 Å². The van der Waals surface area contributed by atoms with Crippen LogP contribution in [0.4, 0.5) is 4.79 Å². The van der Waals surface area contributed by atoms with Crippen LogP contribution in [0, 0.1) is 0 Å². The number of rotatable bonds is 4. The maximum Gasteiger partial charge on any atom is 0.326 e. The van der Waals surface area contributed by atoms with Crippen molar-refractivity contribution < 1.29 is 19.5 Å². The van der Waals surface area contributed by atoms with E-state index >= 15 is 0 Å². The molecule has 0 rings (SSSR count). The van der Waals surface area contributed by atoms with Crippen LogP contribution in [-0.4, -0.2) is 34.6 Å². The number of carbonyl (C=O) groups is 3. The van der Waals surface area contributed by atoms with Crippen LogP contribution in [-0.2, 0) is 9.59 Å². The molecule has 0 aromatic heterocycles. The Kier molecular flexibility index (Phi) is 4.74. The first-order valence-corrected chi connectivity index (χ1v) is 4.71. The monoisotopic (exact) mass is 231 g/mol. The Hall–Kier alpha value is -1.79. The summed E-state index contributed by atoms with van der Waals surface area (Å²) in [7, 11) is 0. The lowest BCUT2D eigenvalue weighted by atomic mass is 10.1. The van der Waals surface area contributed by atoms with E-state index in [1.807, 2.05) is 0 Å². The summed E-state index contributed by atoms with van der Waals surface area (Å²) in [4.78, 5) is 32.6. The predicted molar refractivity (Wildman–Crippen MR) is 56.7 cm³/mol. The van der Waals surface area contributed by atoms with Crippen molar-refractivity contribution >= 4 is 17.9 Å². The molecule has 16 heavy (non-hydrogen) atoms. The summed E-state index contributed by atoms with van der Waals surface area (Å²) in [6.07, 6.45) is -0.438. The zero-order valence-corrected chi connectivity index (χ0v) is 9.53. The molecule has 0 radical (unpaired) electrons. The highest BCUT2D eigenvalue weighted by Gasteiger charge is 2.23. The molecular weight excluding hydrogens is 214 g/mol. The summed E-state index contributed by atoms with van der Waals surface area (Å²) in [6.45, 7) is 5.24. The van der Waals surface area contributed by atoms with E-state index in [-0.39, 0.29) is 0 Å². The van der Waals surface area contributed by atoms with Crippen LogP contribution in [0.1, 0.15) is 27.2 Å². The molecule has 0 spiro atoms. The van der Waals surface area contributed by atoms with Gasteiger partial charge in [0.1, 0.15) is 6.04 Å². The molecule has 0 aromatic rings. The molecule has 7 nitrogen and oxygen atoms in total. The molecule has 0 bridgehead atoms. The van der Waals surface area contributed by atoms with Gasteiger partial charge in [0.05, 0.1) is 6.42 Å². The smallest absolute Gasteiger partial charge is 0.326 e. The molecular formula is C9H17N3O4. The molecule has 0 aliphatic rings. The normalized spacial score (nSPS) is 12.7. The maximum atomic E-state index is 11.3. The summed E-state index contributed by atoms with van der Waals surface area (Å²) in [6, 6.07) is -1.96. The van der Waals surface area contributed by atoms with Crippen molar-refractivity contribution in [1.29, 1.82) is 0 Å². The predicted octanol–water partition coefficient (Wildman–Crippen LogP) is -0.587. The van der Waals surface area contributed by atoms with Gasteiger partial charge in [0.2, 0.25) is 5.91 Å². The topological polar surface area (TPSA) is 122 Å². The van der Waals surface area contributed by atoms with E-state index in [1.54, 1.807) is 20.8 Å². The Balaban J connectivity index is 4.35. The highest BCUT2D eigenvalue weighted by molar-refractivity contribution is 5.87. The van der Waals surface area contributed by atoms with Crippen molar-refractivity contribution in [3.63, 3.8) is 0 Å². The van der Waals surface area contributed by atoms with Gasteiger partial charge in [-0.3, -0.25) is 4.79 Å². The Bertz CT molecular complexity index is 296. The van der Waals surface area contributed by atoms with Crippen LogP contribution in [0.2, 0.25) is 0 Å². The largest absolute Gasteiger partial charge is 0.480 e. The van der Waals surface area contributed by atoms with Gasteiger partial charge in [0, 0.05) is 5.54 Å². The number of primary amides is 1. The standard InChI is InChI=1S/C9H17N3O4/c1-9(2,3)12-8(16)11-5(7(14)15)4-6(10)13/h5H,4H2,1-3H3,(H2,10,13)(H,14,15)(H2,11,12,16)/t5-/m0/s1. The molecule has 0 aliphatic heterocycles. The van der Waals surface area contributed by atoms with Gasteiger partial charge in [-0.25, -0.2) is 9.59 Å². The lowest BCUT2D eigenvalue weighted by Gasteiger charge is -2.22. The van der Waals surface area contributed by atoms with E-state index in [4.69, 9.17) is 10.8 Å². The zero-order chi connectivity index (χ0) is 12.9. The summed E-state index contributed by atoms with van der Waals surface area (Å²) >= 11 is 0. The number of carbonyl (C=O) groups excluding carboxylic acids is 2. The van der Waals surface area contributed by atoms with E-state index in [2.05, 4.69) is 10.6 Å². The number of carboxylic acid groups (broad SMARTS) is 1. The highest BCUT2D eigenvalue weighted by Crippen LogP contribution is 1.99. The minimum atomic E-state index is -1.31. The third kappa shape index (κ3) is 6.63. The number of aliphatic carboxylic acids is 1. The third-order valence-electron chi connectivity index (χ3n) is 1.50. The zero-order valence-electron chi connectivity index (χ0n) is 9.53. The van der Waals surface area contributed by atoms with E-state index < -0.39 is 35.9 Å². The number of urea groups is 1. The van der Waals surface area contributed by atoms with Crippen molar-refractivity contribution in [2.45, 2.75) is 38.8 Å². The molecule has 0 saturated heterocycles. The van der Waals surface area contributed by atoms with Gasteiger partial charge >= 0.3 is 12.0 Å². The lowest BCUT2D eigenvalue weighted by molar-refractivity contribution is -0.140. The number of nitrogens with one attached hydrogen (secondary N) is 2. The lowest BCUT2D eigenvalue weighted by Crippen LogP contribution is -2.52. The summed E-state index contributed by atoms with van der Waals surface area (Å²) in [5.74, 6) is -2.09.